The quantitative estimate of drug-likeness (QED) is 0.165. The van der Waals surface area contributed by atoms with Gasteiger partial charge in [-0.2, -0.15) is 0 Å². The summed E-state index contributed by atoms with van der Waals surface area (Å²) in [6.07, 6.45) is 15.8. The first-order chi connectivity index (χ1) is 29.1. The summed E-state index contributed by atoms with van der Waals surface area (Å²) in [5.41, 5.74) is 17.9. The minimum absolute atomic E-state index is 0.215. The Morgan fingerprint density at radius 1 is 0.542 bits per heavy atom. The van der Waals surface area contributed by atoms with E-state index in [1.807, 2.05) is 0 Å². The molecule has 59 heavy (non-hydrogen) atoms. The summed E-state index contributed by atoms with van der Waals surface area (Å²) in [7, 11) is 0. The van der Waals surface area contributed by atoms with Crippen LogP contribution in [0.2, 0.25) is 0 Å². The fraction of sp³-hybridized carbons (Fsp3) is 0.298. The van der Waals surface area contributed by atoms with Crippen LogP contribution >= 0.6 is 0 Å². The zero-order valence-electron chi connectivity index (χ0n) is 34.3. The molecule has 2 nitrogen and oxygen atoms in total. The summed E-state index contributed by atoms with van der Waals surface area (Å²) in [5.74, 6) is 4.06. The van der Waals surface area contributed by atoms with Crippen molar-refractivity contribution in [2.24, 2.45) is 23.7 Å². The van der Waals surface area contributed by atoms with Crippen LogP contribution in [-0.4, -0.2) is 9.13 Å². The van der Waals surface area contributed by atoms with Gasteiger partial charge in [-0.1, -0.05) is 110 Å². The van der Waals surface area contributed by atoms with Gasteiger partial charge in [-0.25, -0.2) is 0 Å². The maximum atomic E-state index is 4.42. The van der Waals surface area contributed by atoms with Crippen LogP contribution in [0.25, 0.3) is 71.7 Å². The van der Waals surface area contributed by atoms with Crippen molar-refractivity contribution >= 4 is 49.2 Å². The zero-order valence-corrected chi connectivity index (χ0v) is 34.3. The van der Waals surface area contributed by atoms with Crippen molar-refractivity contribution in [1.29, 1.82) is 0 Å². The second-order valence-corrected chi connectivity index (χ2v) is 19.2. The van der Waals surface area contributed by atoms with Crippen LogP contribution in [0, 0.1) is 23.7 Å². The van der Waals surface area contributed by atoms with Gasteiger partial charge in [0.25, 0.3) is 0 Å². The Bertz CT molecular complexity index is 3000. The molecule has 0 N–H and O–H groups in total. The second-order valence-electron chi connectivity index (χ2n) is 19.2. The molecule has 0 unspecified atom stereocenters. The van der Waals surface area contributed by atoms with Crippen molar-refractivity contribution in [2.75, 3.05) is 0 Å². The summed E-state index contributed by atoms with van der Waals surface area (Å²) in [6, 6.07) is 49.2. The van der Waals surface area contributed by atoms with Gasteiger partial charge < -0.3 is 9.13 Å². The monoisotopic (exact) mass is 764 g/mol. The van der Waals surface area contributed by atoms with E-state index in [2.05, 4.69) is 156 Å². The van der Waals surface area contributed by atoms with Crippen LogP contribution in [0.5, 0.6) is 0 Å². The molecule has 0 radical (unpaired) electrons. The van der Waals surface area contributed by atoms with Crippen LogP contribution in [0.15, 0.2) is 146 Å². The van der Waals surface area contributed by atoms with E-state index in [4.69, 9.17) is 0 Å². The number of benzene rings is 6. The minimum Gasteiger partial charge on any atom is -0.309 e. The lowest BCUT2D eigenvalue weighted by Crippen LogP contribution is -2.55. The largest absolute Gasteiger partial charge is 0.309 e. The predicted octanol–water partition coefficient (Wildman–Crippen LogP) is 15.3. The molecule has 0 amide bonds. The van der Waals surface area contributed by atoms with Crippen LogP contribution in [0.4, 0.5) is 0 Å². The highest BCUT2D eigenvalue weighted by molar-refractivity contribution is 6.11. The van der Waals surface area contributed by atoms with Gasteiger partial charge in [-0.15, -0.1) is 0 Å². The number of hydrogen-bond donors (Lipinski definition) is 0. The molecule has 0 saturated heterocycles. The molecule has 4 bridgehead atoms. The van der Waals surface area contributed by atoms with E-state index >= 15 is 0 Å². The zero-order chi connectivity index (χ0) is 39.0. The average molecular weight is 765 g/mol. The smallest absolute Gasteiger partial charge is 0.0541 e. The Labute approximate surface area is 347 Å². The normalized spacial score (nSPS) is 25.0. The van der Waals surface area contributed by atoms with Gasteiger partial charge in [-0.05, 0) is 169 Å². The SMILES string of the molecule is C=CC1=C(C)C2(c3ccc(-c4ccc5c(c4)c4ccccc4n5-c4cc(C5CCCCC5)cc(-n5c6ccccc6c6ccccc65)c4)cc31)C1CC3CC(C1)CC2C3. The second kappa shape index (κ2) is 12.7. The van der Waals surface area contributed by atoms with Crippen LogP contribution in [-0.2, 0) is 5.41 Å². The van der Waals surface area contributed by atoms with Crippen molar-refractivity contribution in [1.82, 2.24) is 9.13 Å². The number of aromatic nitrogens is 2. The van der Waals surface area contributed by atoms with Crippen LogP contribution in [0.3, 0.4) is 0 Å². The third-order valence-corrected chi connectivity index (χ3v) is 16.5. The van der Waals surface area contributed by atoms with Gasteiger partial charge in [0.1, 0.15) is 0 Å². The van der Waals surface area contributed by atoms with E-state index in [0.29, 0.717) is 5.92 Å². The first kappa shape index (κ1) is 34.3. The van der Waals surface area contributed by atoms with Crippen molar-refractivity contribution in [3.63, 3.8) is 0 Å². The number of para-hydroxylation sites is 3. The van der Waals surface area contributed by atoms with Gasteiger partial charge in [0.2, 0.25) is 0 Å². The molecule has 14 rings (SSSR count). The van der Waals surface area contributed by atoms with Crippen molar-refractivity contribution < 1.29 is 0 Å². The lowest BCUT2D eigenvalue weighted by atomic mass is 9.43. The molecule has 6 aliphatic carbocycles. The molecule has 2 heteroatoms. The third kappa shape index (κ3) is 4.75. The summed E-state index contributed by atoms with van der Waals surface area (Å²) in [6.45, 7) is 6.89. The topological polar surface area (TPSA) is 9.86 Å². The molecule has 6 aliphatic rings. The predicted molar refractivity (Wildman–Crippen MR) is 248 cm³/mol. The van der Waals surface area contributed by atoms with Crippen molar-refractivity contribution in [2.45, 2.75) is 82.5 Å². The van der Waals surface area contributed by atoms with E-state index in [1.54, 1.807) is 11.1 Å². The summed E-state index contributed by atoms with van der Waals surface area (Å²) >= 11 is 0. The summed E-state index contributed by atoms with van der Waals surface area (Å²) in [4.78, 5) is 0. The maximum absolute atomic E-state index is 4.42. The number of rotatable bonds is 5. The van der Waals surface area contributed by atoms with E-state index in [-0.39, 0.29) is 5.41 Å². The highest BCUT2D eigenvalue weighted by atomic mass is 15.0. The Morgan fingerprint density at radius 2 is 1.07 bits per heavy atom. The average Bonchev–Trinajstić information content (AvgIpc) is 3.88. The van der Waals surface area contributed by atoms with Gasteiger partial charge >= 0.3 is 0 Å². The highest BCUT2D eigenvalue weighted by Gasteiger charge is 2.61. The standard InChI is InChI=1S/C57H52N2/c1-3-46-35(2)57(42-26-36-25-37(28-42)29-43(57)27-36)52-23-21-39(32-50(46)52)40-22-24-56-51(33-40)49-17-9-12-20-55(49)59(56)45-31-41(38-13-5-4-6-14-38)30-44(34-45)58-53-18-10-7-15-47(53)48-16-8-11-19-54(48)58/h3,7-12,15-24,30-34,36-38,42-43H,1,4-6,13-14,25-29H2,2H3. The lowest BCUT2D eigenvalue weighted by Gasteiger charge is -2.61. The van der Waals surface area contributed by atoms with Gasteiger partial charge in [-0.3, -0.25) is 0 Å². The molecule has 5 fully saturated rings. The van der Waals surface area contributed by atoms with Gasteiger partial charge in [0, 0.05) is 38.3 Å². The summed E-state index contributed by atoms with van der Waals surface area (Å²) in [5, 5.41) is 5.24. The Hall–Kier alpha value is -5.60. The van der Waals surface area contributed by atoms with Crippen molar-refractivity contribution in [3.05, 3.63) is 162 Å². The van der Waals surface area contributed by atoms with Crippen LogP contribution < -0.4 is 0 Å². The fourth-order valence-corrected chi connectivity index (χ4v) is 14.4. The Balaban J connectivity index is 0.982. The molecule has 290 valence electrons. The molecule has 5 saturated carbocycles. The first-order valence-corrected chi connectivity index (χ1v) is 22.7. The fourth-order valence-electron chi connectivity index (χ4n) is 14.4. The molecule has 2 heterocycles. The minimum atomic E-state index is 0.215. The molecular formula is C57H52N2. The van der Waals surface area contributed by atoms with E-state index in [0.717, 1.165) is 23.7 Å². The molecule has 2 aromatic heterocycles. The lowest BCUT2D eigenvalue weighted by molar-refractivity contribution is -0.0420. The van der Waals surface area contributed by atoms with E-state index in [9.17, 15) is 0 Å². The Kier molecular flexibility index (Phi) is 7.38. The molecule has 1 spiro atoms. The van der Waals surface area contributed by atoms with Crippen molar-refractivity contribution in [3.8, 4) is 22.5 Å². The van der Waals surface area contributed by atoms with Gasteiger partial charge in [0.15, 0.2) is 0 Å². The maximum Gasteiger partial charge on any atom is 0.0541 e. The molecule has 6 aromatic carbocycles. The number of allylic oxidation sites excluding steroid dienone is 3. The number of nitrogens with zero attached hydrogens (tertiary/aromatic N) is 2. The first-order valence-electron chi connectivity index (χ1n) is 22.7. The number of fused-ring (bicyclic) bond motifs is 7. The van der Waals surface area contributed by atoms with Crippen LogP contribution in [0.1, 0.15) is 93.7 Å². The molecule has 8 aromatic rings. The third-order valence-electron chi connectivity index (χ3n) is 16.5. The molecular weight excluding hydrogens is 713 g/mol. The number of hydrogen-bond acceptors (Lipinski definition) is 0. The van der Waals surface area contributed by atoms with E-state index in [1.165, 1.54) is 147 Å². The molecule has 0 aliphatic heterocycles. The Morgan fingerprint density at radius 3 is 1.66 bits per heavy atom. The van der Waals surface area contributed by atoms with Gasteiger partial charge in [0.05, 0.1) is 22.1 Å². The van der Waals surface area contributed by atoms with E-state index < -0.39 is 0 Å². The highest BCUT2D eigenvalue weighted by Crippen LogP contribution is 2.69. The summed E-state index contributed by atoms with van der Waals surface area (Å²) < 4.78 is 5.07. The molecule has 0 atom stereocenters.